The van der Waals surface area contributed by atoms with Crippen LogP contribution in [0, 0.1) is 0 Å². The van der Waals surface area contributed by atoms with E-state index in [0.29, 0.717) is 19.3 Å². The maximum Gasteiger partial charge on any atom is 0.124 e. The van der Waals surface area contributed by atoms with Crippen LogP contribution in [0.3, 0.4) is 0 Å². The van der Waals surface area contributed by atoms with E-state index in [1.54, 1.807) is 0 Å². The van der Waals surface area contributed by atoms with Crippen molar-refractivity contribution in [1.82, 2.24) is 5.32 Å². The maximum absolute atomic E-state index is 5.88. The zero-order valence-corrected chi connectivity index (χ0v) is 13.2. The minimum atomic E-state index is 0.364. The first-order valence-corrected chi connectivity index (χ1v) is 7.86. The third-order valence-electron chi connectivity index (χ3n) is 3.18. The SMILES string of the molecule is CCCNC(CC)c1ccccc1OCCOCCC. The Hall–Kier alpha value is -1.06. The Morgan fingerprint density at radius 2 is 1.80 bits per heavy atom. The molecule has 0 bridgehead atoms. The molecule has 1 unspecified atom stereocenters. The molecule has 0 radical (unpaired) electrons. The molecule has 1 aromatic carbocycles. The van der Waals surface area contributed by atoms with E-state index >= 15 is 0 Å². The predicted octanol–water partition coefficient (Wildman–Crippen LogP) is 3.94. The first kappa shape index (κ1) is 17.0. The van der Waals surface area contributed by atoms with E-state index in [-0.39, 0.29) is 0 Å². The molecule has 1 N–H and O–H groups in total. The molecule has 3 heteroatoms. The molecular weight excluding hydrogens is 250 g/mol. The van der Waals surface area contributed by atoms with Gasteiger partial charge in [-0.25, -0.2) is 0 Å². The molecule has 114 valence electrons. The van der Waals surface area contributed by atoms with Crippen LogP contribution in [0.4, 0.5) is 0 Å². The van der Waals surface area contributed by atoms with Crippen LogP contribution in [-0.2, 0) is 4.74 Å². The van der Waals surface area contributed by atoms with Gasteiger partial charge in [0.15, 0.2) is 0 Å². The van der Waals surface area contributed by atoms with Crippen molar-refractivity contribution in [2.45, 2.75) is 46.1 Å². The zero-order chi connectivity index (χ0) is 14.6. The molecule has 0 heterocycles. The number of para-hydroxylation sites is 1. The van der Waals surface area contributed by atoms with Gasteiger partial charge in [0.2, 0.25) is 0 Å². The molecule has 0 amide bonds. The van der Waals surface area contributed by atoms with Gasteiger partial charge in [-0.2, -0.15) is 0 Å². The number of nitrogens with one attached hydrogen (secondary N) is 1. The number of hydrogen-bond donors (Lipinski definition) is 1. The van der Waals surface area contributed by atoms with Gasteiger partial charge in [-0.3, -0.25) is 0 Å². The molecule has 0 aromatic heterocycles. The lowest BCUT2D eigenvalue weighted by Gasteiger charge is -2.20. The fraction of sp³-hybridized carbons (Fsp3) is 0.647. The molecule has 20 heavy (non-hydrogen) atoms. The minimum absolute atomic E-state index is 0.364. The molecule has 0 saturated carbocycles. The summed E-state index contributed by atoms with van der Waals surface area (Å²) < 4.78 is 11.3. The normalized spacial score (nSPS) is 12.3. The Balaban J connectivity index is 2.57. The van der Waals surface area contributed by atoms with Crippen molar-refractivity contribution in [3.8, 4) is 5.75 Å². The zero-order valence-electron chi connectivity index (χ0n) is 13.2. The highest BCUT2D eigenvalue weighted by molar-refractivity contribution is 5.35. The summed E-state index contributed by atoms with van der Waals surface area (Å²) in [4.78, 5) is 0. The average Bonchev–Trinajstić information content (AvgIpc) is 2.49. The Bertz CT molecular complexity index is 355. The van der Waals surface area contributed by atoms with Gasteiger partial charge in [0.05, 0.1) is 6.61 Å². The standard InChI is InChI=1S/C17H29NO2/c1-4-11-18-16(6-3)15-9-7-8-10-17(15)20-14-13-19-12-5-2/h7-10,16,18H,4-6,11-14H2,1-3H3. The molecule has 1 rings (SSSR count). The highest BCUT2D eigenvalue weighted by Gasteiger charge is 2.13. The van der Waals surface area contributed by atoms with E-state index in [1.807, 2.05) is 12.1 Å². The van der Waals surface area contributed by atoms with E-state index in [0.717, 1.165) is 38.2 Å². The van der Waals surface area contributed by atoms with Crippen molar-refractivity contribution < 1.29 is 9.47 Å². The lowest BCUT2D eigenvalue weighted by Crippen LogP contribution is -2.22. The van der Waals surface area contributed by atoms with Gasteiger partial charge in [-0.1, -0.05) is 39.0 Å². The Labute approximate surface area is 123 Å². The molecule has 0 fully saturated rings. The first-order valence-electron chi connectivity index (χ1n) is 7.86. The van der Waals surface area contributed by atoms with E-state index < -0.39 is 0 Å². The summed E-state index contributed by atoms with van der Waals surface area (Å²) in [5, 5.41) is 3.58. The summed E-state index contributed by atoms with van der Waals surface area (Å²) >= 11 is 0. The summed E-state index contributed by atoms with van der Waals surface area (Å²) in [7, 11) is 0. The lowest BCUT2D eigenvalue weighted by atomic mass is 10.0. The first-order chi connectivity index (χ1) is 9.83. The van der Waals surface area contributed by atoms with Crippen LogP contribution in [0.25, 0.3) is 0 Å². The molecule has 0 saturated heterocycles. The fourth-order valence-electron chi connectivity index (χ4n) is 2.15. The second-order valence-corrected chi connectivity index (χ2v) is 4.91. The Morgan fingerprint density at radius 1 is 1.00 bits per heavy atom. The lowest BCUT2D eigenvalue weighted by molar-refractivity contribution is 0.100. The average molecular weight is 279 g/mol. The largest absolute Gasteiger partial charge is 0.491 e. The number of rotatable bonds is 11. The maximum atomic E-state index is 5.88. The van der Waals surface area contributed by atoms with Gasteiger partial charge in [0.25, 0.3) is 0 Å². The number of ether oxygens (including phenoxy) is 2. The van der Waals surface area contributed by atoms with E-state index in [9.17, 15) is 0 Å². The molecule has 0 spiro atoms. The van der Waals surface area contributed by atoms with Gasteiger partial charge in [-0.05, 0) is 31.9 Å². The minimum Gasteiger partial charge on any atom is -0.491 e. The molecule has 1 atom stereocenters. The van der Waals surface area contributed by atoms with Crippen molar-refractivity contribution in [2.75, 3.05) is 26.4 Å². The molecule has 0 aliphatic carbocycles. The van der Waals surface area contributed by atoms with E-state index in [2.05, 4.69) is 38.2 Å². The van der Waals surface area contributed by atoms with E-state index in [1.165, 1.54) is 5.56 Å². The van der Waals surface area contributed by atoms with Gasteiger partial charge in [-0.15, -0.1) is 0 Å². The third kappa shape index (κ3) is 5.93. The van der Waals surface area contributed by atoms with Crippen LogP contribution >= 0.6 is 0 Å². The predicted molar refractivity (Wildman–Crippen MR) is 84.4 cm³/mol. The van der Waals surface area contributed by atoms with Crippen LogP contribution in [0.5, 0.6) is 5.75 Å². The van der Waals surface area contributed by atoms with Crippen molar-refractivity contribution in [2.24, 2.45) is 0 Å². The van der Waals surface area contributed by atoms with Crippen LogP contribution in [0.15, 0.2) is 24.3 Å². The second-order valence-electron chi connectivity index (χ2n) is 4.91. The molecule has 0 aliphatic heterocycles. The van der Waals surface area contributed by atoms with E-state index in [4.69, 9.17) is 9.47 Å². The summed E-state index contributed by atoms with van der Waals surface area (Å²) in [6, 6.07) is 8.66. The van der Waals surface area contributed by atoms with Crippen LogP contribution < -0.4 is 10.1 Å². The summed E-state index contributed by atoms with van der Waals surface area (Å²) in [5.41, 5.74) is 1.25. The number of benzene rings is 1. The summed E-state index contributed by atoms with van der Waals surface area (Å²) in [5.74, 6) is 0.975. The smallest absolute Gasteiger partial charge is 0.124 e. The van der Waals surface area contributed by atoms with Gasteiger partial charge < -0.3 is 14.8 Å². The third-order valence-corrected chi connectivity index (χ3v) is 3.18. The van der Waals surface area contributed by atoms with Crippen LogP contribution in [-0.4, -0.2) is 26.4 Å². The van der Waals surface area contributed by atoms with Crippen molar-refractivity contribution >= 4 is 0 Å². The highest BCUT2D eigenvalue weighted by Crippen LogP contribution is 2.27. The highest BCUT2D eigenvalue weighted by atomic mass is 16.5. The van der Waals surface area contributed by atoms with Gasteiger partial charge in [0, 0.05) is 18.2 Å². The van der Waals surface area contributed by atoms with Crippen molar-refractivity contribution in [1.29, 1.82) is 0 Å². The topological polar surface area (TPSA) is 30.5 Å². The molecular formula is C17H29NO2. The second kappa shape index (κ2) is 10.7. The van der Waals surface area contributed by atoms with Crippen molar-refractivity contribution in [3.63, 3.8) is 0 Å². The number of hydrogen-bond acceptors (Lipinski definition) is 3. The van der Waals surface area contributed by atoms with Gasteiger partial charge >= 0.3 is 0 Å². The molecule has 3 nitrogen and oxygen atoms in total. The van der Waals surface area contributed by atoms with Crippen LogP contribution in [0.2, 0.25) is 0 Å². The molecule has 0 aliphatic rings. The van der Waals surface area contributed by atoms with Gasteiger partial charge in [0.1, 0.15) is 12.4 Å². The van der Waals surface area contributed by atoms with Crippen LogP contribution in [0.1, 0.15) is 51.6 Å². The fourth-order valence-corrected chi connectivity index (χ4v) is 2.15. The monoisotopic (exact) mass is 279 g/mol. The molecule has 1 aromatic rings. The Kier molecular flexibility index (Phi) is 9.09. The Morgan fingerprint density at radius 3 is 2.50 bits per heavy atom. The summed E-state index contributed by atoms with van der Waals surface area (Å²) in [6.45, 7) is 9.61. The van der Waals surface area contributed by atoms with Crippen molar-refractivity contribution in [3.05, 3.63) is 29.8 Å². The summed E-state index contributed by atoms with van der Waals surface area (Å²) in [6.07, 6.45) is 3.26. The quantitative estimate of drug-likeness (QED) is 0.622.